The van der Waals surface area contributed by atoms with E-state index in [2.05, 4.69) is 9.97 Å². The summed E-state index contributed by atoms with van der Waals surface area (Å²) in [6, 6.07) is 9.68. The zero-order chi connectivity index (χ0) is 12.3. The fourth-order valence-corrected chi connectivity index (χ4v) is 1.83. The van der Waals surface area contributed by atoms with Crippen molar-refractivity contribution < 1.29 is 0 Å². The summed E-state index contributed by atoms with van der Waals surface area (Å²) in [4.78, 5) is 8.40. The second kappa shape index (κ2) is 5.15. The molecule has 3 nitrogen and oxygen atoms in total. The average Bonchev–Trinajstić information content (AvgIpc) is 2.27. The topological polar surface area (TPSA) is 51.8 Å². The molecule has 17 heavy (non-hydrogen) atoms. The molecule has 0 spiro atoms. The highest BCUT2D eigenvalue weighted by Gasteiger charge is 2.00. The van der Waals surface area contributed by atoms with E-state index in [1.165, 1.54) is 5.56 Å². The summed E-state index contributed by atoms with van der Waals surface area (Å²) in [6.07, 6.45) is 1.78. The standard InChI is InChI=1S/C13H14ClN3/c1-9-16-12(8-13(15)17-9)7-4-10-2-5-11(14)6-3-10/h2-3,5-6,8H,4,7H2,1H3,(H2,15,16,17). The van der Waals surface area contributed by atoms with Crippen molar-refractivity contribution in [2.24, 2.45) is 0 Å². The number of aryl methyl sites for hydroxylation is 3. The lowest BCUT2D eigenvalue weighted by molar-refractivity contribution is 0.883. The summed E-state index contributed by atoms with van der Waals surface area (Å²) < 4.78 is 0. The molecule has 2 aromatic rings. The molecule has 4 heteroatoms. The van der Waals surface area contributed by atoms with Crippen LogP contribution in [0, 0.1) is 6.92 Å². The molecular weight excluding hydrogens is 234 g/mol. The Morgan fingerprint density at radius 2 is 1.82 bits per heavy atom. The van der Waals surface area contributed by atoms with Gasteiger partial charge in [-0.2, -0.15) is 0 Å². The van der Waals surface area contributed by atoms with Gasteiger partial charge in [-0.1, -0.05) is 23.7 Å². The second-order valence-electron chi connectivity index (χ2n) is 3.96. The fraction of sp³-hybridized carbons (Fsp3) is 0.231. The van der Waals surface area contributed by atoms with Gasteiger partial charge in [0.2, 0.25) is 0 Å². The molecule has 1 aromatic heterocycles. The van der Waals surface area contributed by atoms with Crippen LogP contribution in [0.5, 0.6) is 0 Å². The highest BCUT2D eigenvalue weighted by molar-refractivity contribution is 6.30. The highest BCUT2D eigenvalue weighted by Crippen LogP contribution is 2.12. The molecule has 0 atom stereocenters. The number of rotatable bonds is 3. The minimum atomic E-state index is 0.531. The normalized spacial score (nSPS) is 10.5. The molecule has 2 N–H and O–H groups in total. The third kappa shape index (κ3) is 3.43. The molecule has 0 bridgehead atoms. The van der Waals surface area contributed by atoms with Crippen LogP contribution in [0.25, 0.3) is 0 Å². The van der Waals surface area contributed by atoms with Crippen molar-refractivity contribution in [3.8, 4) is 0 Å². The van der Waals surface area contributed by atoms with E-state index in [1.54, 1.807) is 0 Å². The third-order valence-electron chi connectivity index (χ3n) is 2.49. The zero-order valence-electron chi connectivity index (χ0n) is 9.65. The summed E-state index contributed by atoms with van der Waals surface area (Å²) in [5.41, 5.74) is 7.90. The van der Waals surface area contributed by atoms with Crippen molar-refractivity contribution in [3.63, 3.8) is 0 Å². The molecule has 1 aromatic carbocycles. The summed E-state index contributed by atoms with van der Waals surface area (Å²) in [6.45, 7) is 1.85. The van der Waals surface area contributed by atoms with Gasteiger partial charge < -0.3 is 5.73 Å². The van der Waals surface area contributed by atoms with Crippen LogP contribution in [-0.4, -0.2) is 9.97 Å². The Hall–Kier alpha value is -1.61. The van der Waals surface area contributed by atoms with Crippen LogP contribution < -0.4 is 5.73 Å². The Balaban J connectivity index is 2.04. The molecular formula is C13H14ClN3. The predicted octanol–water partition coefficient (Wildman–Crippen LogP) is 2.81. The number of benzene rings is 1. The monoisotopic (exact) mass is 247 g/mol. The Morgan fingerprint density at radius 1 is 1.12 bits per heavy atom. The Bertz CT molecular complexity index is 488. The smallest absolute Gasteiger partial charge is 0.127 e. The van der Waals surface area contributed by atoms with Gasteiger partial charge >= 0.3 is 0 Å². The van der Waals surface area contributed by atoms with Gasteiger partial charge in [0.1, 0.15) is 11.6 Å². The van der Waals surface area contributed by atoms with Crippen molar-refractivity contribution in [2.45, 2.75) is 19.8 Å². The molecule has 0 radical (unpaired) electrons. The van der Waals surface area contributed by atoms with Gasteiger partial charge in [-0.15, -0.1) is 0 Å². The quantitative estimate of drug-likeness (QED) is 0.908. The number of hydrogen-bond acceptors (Lipinski definition) is 3. The minimum Gasteiger partial charge on any atom is -0.384 e. The van der Waals surface area contributed by atoms with Crippen molar-refractivity contribution in [1.82, 2.24) is 9.97 Å². The van der Waals surface area contributed by atoms with Gasteiger partial charge in [0.05, 0.1) is 0 Å². The first-order valence-corrected chi connectivity index (χ1v) is 5.86. The number of aromatic nitrogens is 2. The van der Waals surface area contributed by atoms with E-state index >= 15 is 0 Å². The van der Waals surface area contributed by atoms with Crippen LogP contribution in [0.15, 0.2) is 30.3 Å². The maximum Gasteiger partial charge on any atom is 0.127 e. The van der Waals surface area contributed by atoms with Gasteiger partial charge in [0.25, 0.3) is 0 Å². The van der Waals surface area contributed by atoms with Crippen LogP contribution >= 0.6 is 11.6 Å². The van der Waals surface area contributed by atoms with Gasteiger partial charge in [0, 0.05) is 16.8 Å². The van der Waals surface area contributed by atoms with Crippen LogP contribution in [0.1, 0.15) is 17.1 Å². The highest BCUT2D eigenvalue weighted by atomic mass is 35.5. The van der Waals surface area contributed by atoms with Crippen molar-refractivity contribution in [1.29, 1.82) is 0 Å². The Labute approximate surface area is 106 Å². The average molecular weight is 248 g/mol. The molecule has 0 aliphatic rings. The van der Waals surface area contributed by atoms with E-state index in [0.717, 1.165) is 29.4 Å². The van der Waals surface area contributed by atoms with E-state index < -0.39 is 0 Å². The van der Waals surface area contributed by atoms with Gasteiger partial charge in [-0.05, 0) is 37.5 Å². The first-order chi connectivity index (χ1) is 8.13. The maximum absolute atomic E-state index is 5.83. The van der Waals surface area contributed by atoms with Crippen molar-refractivity contribution in [3.05, 3.63) is 52.4 Å². The molecule has 88 valence electrons. The number of hydrogen-bond donors (Lipinski definition) is 1. The molecule has 0 aliphatic heterocycles. The van der Waals surface area contributed by atoms with Crippen LogP contribution in [-0.2, 0) is 12.8 Å². The summed E-state index contributed by atoms with van der Waals surface area (Å²) in [5.74, 6) is 1.25. The molecule has 0 fully saturated rings. The van der Waals surface area contributed by atoms with E-state index in [9.17, 15) is 0 Å². The SMILES string of the molecule is Cc1nc(N)cc(CCc2ccc(Cl)cc2)n1. The maximum atomic E-state index is 5.83. The number of nitrogen functional groups attached to an aromatic ring is 1. The number of nitrogens with zero attached hydrogens (tertiary/aromatic N) is 2. The van der Waals surface area contributed by atoms with Crippen molar-refractivity contribution in [2.75, 3.05) is 5.73 Å². The van der Waals surface area contributed by atoms with Crippen molar-refractivity contribution >= 4 is 17.4 Å². The first kappa shape index (κ1) is 11.9. The molecule has 0 amide bonds. The Morgan fingerprint density at radius 3 is 2.47 bits per heavy atom. The molecule has 1 heterocycles. The number of nitrogens with two attached hydrogens (primary N) is 1. The van der Waals surface area contributed by atoms with Crippen LogP contribution in [0.2, 0.25) is 5.02 Å². The summed E-state index contributed by atoms with van der Waals surface area (Å²) in [5, 5.41) is 0.760. The van der Waals surface area contributed by atoms with E-state index in [-0.39, 0.29) is 0 Å². The zero-order valence-corrected chi connectivity index (χ0v) is 10.4. The summed E-state index contributed by atoms with van der Waals surface area (Å²) >= 11 is 5.83. The molecule has 0 saturated carbocycles. The lowest BCUT2D eigenvalue weighted by Gasteiger charge is -2.04. The third-order valence-corrected chi connectivity index (χ3v) is 2.75. The molecule has 0 saturated heterocycles. The molecule has 0 unspecified atom stereocenters. The lowest BCUT2D eigenvalue weighted by Crippen LogP contribution is -2.01. The fourth-order valence-electron chi connectivity index (χ4n) is 1.71. The second-order valence-corrected chi connectivity index (χ2v) is 4.39. The van der Waals surface area contributed by atoms with Gasteiger partial charge in [-0.25, -0.2) is 9.97 Å². The van der Waals surface area contributed by atoms with Crippen LogP contribution in [0.4, 0.5) is 5.82 Å². The minimum absolute atomic E-state index is 0.531. The largest absolute Gasteiger partial charge is 0.384 e. The van der Waals surface area contributed by atoms with Crippen LogP contribution in [0.3, 0.4) is 0 Å². The predicted molar refractivity (Wildman–Crippen MR) is 70.0 cm³/mol. The number of anilines is 1. The lowest BCUT2D eigenvalue weighted by atomic mass is 10.1. The number of halogens is 1. The van der Waals surface area contributed by atoms with E-state index in [1.807, 2.05) is 37.3 Å². The Kier molecular flexibility index (Phi) is 3.59. The first-order valence-electron chi connectivity index (χ1n) is 5.48. The van der Waals surface area contributed by atoms with Gasteiger partial charge in [0.15, 0.2) is 0 Å². The molecule has 0 aliphatic carbocycles. The molecule has 2 rings (SSSR count). The summed E-state index contributed by atoms with van der Waals surface area (Å²) in [7, 11) is 0. The van der Waals surface area contributed by atoms with E-state index in [4.69, 9.17) is 17.3 Å². The van der Waals surface area contributed by atoms with Gasteiger partial charge in [-0.3, -0.25) is 0 Å². The van der Waals surface area contributed by atoms with E-state index in [0.29, 0.717) is 5.82 Å².